The third kappa shape index (κ3) is 8.67. The number of likely N-dealkylation sites (tertiary alicyclic amines) is 1. The highest BCUT2D eigenvalue weighted by Crippen LogP contribution is 2.46. The first kappa shape index (κ1) is 39.6. The molecule has 3 amide bonds. The van der Waals surface area contributed by atoms with Gasteiger partial charge in [-0.15, -0.1) is 0 Å². The summed E-state index contributed by atoms with van der Waals surface area (Å²) >= 11 is 0. The maximum Gasteiger partial charge on any atom is 0.408 e. The molecule has 0 bridgehead atoms. The minimum Gasteiger partial charge on any atom is -0.495 e. The zero-order valence-corrected chi connectivity index (χ0v) is 33.6. The van der Waals surface area contributed by atoms with Crippen LogP contribution in [0.25, 0.3) is 0 Å². The number of hydrogen-bond acceptors (Lipinski definition) is 12. The lowest BCUT2D eigenvalue weighted by Gasteiger charge is -2.43. The van der Waals surface area contributed by atoms with E-state index in [9.17, 15) is 19.2 Å². The monoisotopic (exact) mass is 774 g/mol. The van der Waals surface area contributed by atoms with Gasteiger partial charge in [-0.25, -0.2) is 14.6 Å². The first-order chi connectivity index (χ1) is 26.8. The van der Waals surface area contributed by atoms with E-state index in [0.717, 1.165) is 70.3 Å². The molecule has 2 aromatic rings. The van der Waals surface area contributed by atoms with E-state index in [-0.39, 0.29) is 36.0 Å². The van der Waals surface area contributed by atoms with Gasteiger partial charge in [0.15, 0.2) is 5.82 Å². The van der Waals surface area contributed by atoms with Gasteiger partial charge in [-0.3, -0.25) is 9.59 Å². The third-order valence-corrected chi connectivity index (χ3v) is 12.0. The summed E-state index contributed by atoms with van der Waals surface area (Å²) in [6, 6.07) is 4.54. The number of aromatic nitrogens is 2. The summed E-state index contributed by atoms with van der Waals surface area (Å²) in [4.78, 5) is 68.1. The molecule has 4 atom stereocenters. The number of piperidine rings is 1. The highest BCUT2D eigenvalue weighted by atomic mass is 16.6. The number of alkyl carbamates (subject to hydrolysis) is 1. The molecule has 1 aromatic carbocycles. The molecule has 56 heavy (non-hydrogen) atoms. The lowest BCUT2D eigenvalue weighted by Crippen LogP contribution is -2.55. The minimum absolute atomic E-state index is 0.0641. The molecule has 304 valence electrons. The molecule has 3 saturated carbocycles. The maximum absolute atomic E-state index is 13.5. The smallest absolute Gasteiger partial charge is 0.408 e. The molecule has 0 radical (unpaired) electrons. The van der Waals surface area contributed by atoms with Gasteiger partial charge in [0.25, 0.3) is 5.91 Å². The maximum atomic E-state index is 13.5. The molecular weight excluding hydrogens is 716 g/mol. The predicted molar refractivity (Wildman–Crippen MR) is 211 cm³/mol. The molecule has 4 fully saturated rings. The Labute approximate surface area is 329 Å². The highest BCUT2D eigenvalue weighted by molar-refractivity contribution is 6.04. The molecule has 0 spiro atoms. The Hall–Kier alpha value is -4.66. The second-order valence-corrected chi connectivity index (χ2v) is 17.0. The van der Waals surface area contributed by atoms with Crippen LogP contribution in [0.5, 0.6) is 5.75 Å². The van der Waals surface area contributed by atoms with Crippen molar-refractivity contribution in [3.05, 3.63) is 30.0 Å². The van der Waals surface area contributed by atoms with Gasteiger partial charge >= 0.3 is 12.1 Å². The van der Waals surface area contributed by atoms with Crippen LogP contribution in [0.2, 0.25) is 0 Å². The summed E-state index contributed by atoms with van der Waals surface area (Å²) in [5, 5.41) is 9.26. The summed E-state index contributed by atoms with van der Waals surface area (Å²) in [6.07, 6.45) is 10.2. The molecule has 5 aliphatic rings. The van der Waals surface area contributed by atoms with Crippen molar-refractivity contribution >= 4 is 47.0 Å². The van der Waals surface area contributed by atoms with Crippen LogP contribution in [0.4, 0.5) is 27.9 Å². The largest absolute Gasteiger partial charge is 0.495 e. The van der Waals surface area contributed by atoms with Crippen molar-refractivity contribution in [3.8, 4) is 5.75 Å². The molecule has 1 saturated heterocycles. The Kier molecular flexibility index (Phi) is 11.6. The van der Waals surface area contributed by atoms with Gasteiger partial charge in [-0.05, 0) is 102 Å². The number of methoxy groups -OCH3 is 1. The first-order valence-corrected chi connectivity index (χ1v) is 20.4. The first-order valence-electron chi connectivity index (χ1n) is 20.4. The van der Waals surface area contributed by atoms with Gasteiger partial charge in [-0.1, -0.05) is 19.8 Å². The van der Waals surface area contributed by atoms with Crippen molar-refractivity contribution in [1.82, 2.24) is 25.5 Å². The van der Waals surface area contributed by atoms with Crippen LogP contribution in [0, 0.1) is 11.8 Å². The Morgan fingerprint density at radius 1 is 1.02 bits per heavy atom. The number of amides is 3. The Balaban J connectivity index is 0.939. The number of fused-ring (bicyclic) bond motifs is 2. The molecule has 15 heteroatoms. The van der Waals surface area contributed by atoms with E-state index in [1.54, 1.807) is 64.2 Å². The Bertz CT molecular complexity index is 1780. The molecular formula is C41H58N8O7. The van der Waals surface area contributed by atoms with E-state index in [1.807, 2.05) is 6.92 Å². The molecule has 15 nitrogen and oxygen atoms in total. The lowest BCUT2D eigenvalue weighted by atomic mass is 10.0. The van der Waals surface area contributed by atoms with Crippen LogP contribution >= 0.6 is 0 Å². The average molecular weight is 775 g/mol. The number of nitrogens with one attached hydrogen (secondary N) is 3. The fourth-order valence-electron chi connectivity index (χ4n) is 9.01. The van der Waals surface area contributed by atoms with Gasteiger partial charge < -0.3 is 44.9 Å². The van der Waals surface area contributed by atoms with Gasteiger partial charge in [-0.2, -0.15) is 4.98 Å². The van der Waals surface area contributed by atoms with Crippen LogP contribution in [0.3, 0.4) is 0 Å². The lowest BCUT2D eigenvalue weighted by molar-refractivity contribution is -0.151. The quantitative estimate of drug-likeness (QED) is 0.229. The number of likely N-dealkylation sites (N-methyl/N-ethyl adjacent to an activating group) is 1. The van der Waals surface area contributed by atoms with Crippen molar-refractivity contribution < 1.29 is 33.4 Å². The van der Waals surface area contributed by atoms with Crippen LogP contribution in [0.15, 0.2) is 24.4 Å². The van der Waals surface area contributed by atoms with Crippen LogP contribution in [-0.2, 0) is 19.1 Å². The molecule has 2 aliphatic heterocycles. The van der Waals surface area contributed by atoms with Crippen LogP contribution < -0.4 is 30.5 Å². The molecule has 3 unspecified atom stereocenters. The number of rotatable bonds is 13. The summed E-state index contributed by atoms with van der Waals surface area (Å²) < 4.78 is 16.9. The van der Waals surface area contributed by atoms with Crippen molar-refractivity contribution in [2.75, 3.05) is 48.9 Å². The standard InChI is InChI=1S/C41H58N8O7/c1-7-31-37(51)47(5)32-21-42-39(46-35(32)49(31)25-12-8-9-13-25)43-29-17-16-24(20-33(29)54-6)36(50)45-34-27-22-48(23-28(27)34)19-18-30(44-40(53)56-41(2,3)4)38(52)55-26-14-10-11-15-26/h16-17,20-21,25-28,30-31,34H,7-15,18-19,22-23H2,1-6H3,(H,44,53)(H,45,50)(H,42,43,46)/t27?,28?,30?,31-,34?/m1/s1. The van der Waals surface area contributed by atoms with E-state index >= 15 is 0 Å². The van der Waals surface area contributed by atoms with Crippen molar-refractivity contribution in [2.24, 2.45) is 11.8 Å². The second kappa shape index (κ2) is 16.4. The number of esters is 1. The molecule has 7 rings (SSSR count). The van der Waals surface area contributed by atoms with Crippen molar-refractivity contribution in [1.29, 1.82) is 0 Å². The van der Waals surface area contributed by atoms with E-state index in [2.05, 4.69) is 30.7 Å². The van der Waals surface area contributed by atoms with E-state index < -0.39 is 23.7 Å². The van der Waals surface area contributed by atoms with Gasteiger partial charge in [0.2, 0.25) is 11.9 Å². The zero-order valence-electron chi connectivity index (χ0n) is 33.6. The fourth-order valence-corrected chi connectivity index (χ4v) is 9.01. The number of hydrogen-bond donors (Lipinski definition) is 3. The topological polar surface area (TPSA) is 168 Å². The average Bonchev–Trinajstić information content (AvgIpc) is 3.73. The molecule has 3 aliphatic carbocycles. The van der Waals surface area contributed by atoms with Crippen molar-refractivity contribution in [3.63, 3.8) is 0 Å². The molecule has 1 aromatic heterocycles. The van der Waals surface area contributed by atoms with Gasteiger partial charge in [0, 0.05) is 44.3 Å². The van der Waals surface area contributed by atoms with Crippen molar-refractivity contribution in [2.45, 2.75) is 128 Å². The van der Waals surface area contributed by atoms with E-state index in [0.29, 0.717) is 59.9 Å². The summed E-state index contributed by atoms with van der Waals surface area (Å²) in [5.41, 5.74) is 1.12. The molecule has 3 heterocycles. The fraction of sp³-hybridized carbons (Fsp3) is 0.659. The predicted octanol–water partition coefficient (Wildman–Crippen LogP) is 5.16. The van der Waals surface area contributed by atoms with Crippen LogP contribution in [0.1, 0.15) is 102 Å². The number of nitrogens with zero attached hydrogens (tertiary/aromatic N) is 5. The van der Waals surface area contributed by atoms with Gasteiger partial charge in [0.1, 0.15) is 35.2 Å². The summed E-state index contributed by atoms with van der Waals surface area (Å²) in [5.74, 6) is 1.73. The number of anilines is 4. The summed E-state index contributed by atoms with van der Waals surface area (Å²) in [7, 11) is 3.34. The molecule has 3 N–H and O–H groups in total. The normalized spacial score (nSPS) is 24.4. The van der Waals surface area contributed by atoms with E-state index in [1.165, 1.54) is 0 Å². The highest BCUT2D eigenvalue weighted by Gasteiger charge is 2.56. The zero-order chi connectivity index (χ0) is 39.7. The number of benzene rings is 1. The Morgan fingerprint density at radius 2 is 1.71 bits per heavy atom. The number of carbonyl (C=O) groups is 4. The Morgan fingerprint density at radius 3 is 2.38 bits per heavy atom. The van der Waals surface area contributed by atoms with Gasteiger partial charge in [0.05, 0.1) is 19.0 Å². The minimum atomic E-state index is -0.795. The van der Waals surface area contributed by atoms with Crippen LogP contribution in [-0.4, -0.2) is 108 Å². The SMILES string of the molecule is CC[C@@H]1C(=O)N(C)c2cnc(Nc3ccc(C(=O)NC4C5CN(CCC(NC(=O)OC(C)(C)C)C(=O)OC6CCCC6)CC54)cc3OC)nc2N1C1CCCC1. The third-order valence-electron chi connectivity index (χ3n) is 12.0. The second-order valence-electron chi connectivity index (χ2n) is 17.0. The van der Waals surface area contributed by atoms with E-state index in [4.69, 9.17) is 19.2 Å². The summed E-state index contributed by atoms with van der Waals surface area (Å²) in [6.45, 7) is 9.60. The number of ether oxygens (including phenoxy) is 3. The number of carbonyl (C=O) groups excluding carboxylic acids is 4.